The normalized spacial score (nSPS) is 21.6. The number of primary amides is 2. The number of amides is 7. The Labute approximate surface area is 872 Å². The minimum absolute atomic E-state index is 0.00979. The molecule has 0 spiro atoms. The van der Waals surface area contributed by atoms with Gasteiger partial charge in [0.05, 0.1) is 116 Å². The molecular weight excluding hydrogens is 1920 g/mol. The molecule has 1 aliphatic rings. The molecule has 17 atom stereocenters. The Hall–Kier alpha value is -12.0. The predicted molar refractivity (Wildman–Crippen MR) is 560 cm³/mol. The van der Waals surface area contributed by atoms with E-state index in [1.54, 1.807) is 116 Å². The van der Waals surface area contributed by atoms with Crippen LogP contribution in [-0.4, -0.2) is 290 Å². The van der Waals surface area contributed by atoms with Crippen molar-refractivity contribution >= 4 is 128 Å². The number of aliphatic hydroxyl groups excluding tert-OH is 1. The van der Waals surface area contributed by atoms with Crippen LogP contribution < -0.4 is 102 Å². The maximum atomic E-state index is 15.6. The lowest BCUT2D eigenvalue weighted by atomic mass is 9.88. The second-order valence-corrected chi connectivity index (χ2v) is 40.8. The molecule has 43 nitrogen and oxygen atoms in total. The third-order valence-corrected chi connectivity index (χ3v) is 26.5. The minimum Gasteiger partial charge on any atom is -0.508 e. The summed E-state index contributed by atoms with van der Waals surface area (Å²) in [6, 6.07) is 3.91. The number of fused-ring (bicyclic) bond motifs is 1. The van der Waals surface area contributed by atoms with Crippen molar-refractivity contribution in [3.63, 3.8) is 0 Å². The van der Waals surface area contributed by atoms with Crippen LogP contribution >= 0.6 is 0 Å². The lowest BCUT2D eigenvalue weighted by Gasteiger charge is -2.34. The predicted octanol–water partition coefficient (Wildman–Crippen LogP) is 1.11. The van der Waals surface area contributed by atoms with Gasteiger partial charge in [-0.3, -0.25) is 117 Å². The smallest absolute Gasteiger partial charge is 0.303 e. The van der Waals surface area contributed by atoms with Crippen LogP contribution in [0.1, 0.15) is 243 Å². The van der Waals surface area contributed by atoms with Crippen LogP contribution in [0.25, 0.3) is 10.9 Å². The molecule has 25 N–H and O–H groups in total. The van der Waals surface area contributed by atoms with Gasteiger partial charge in [0.1, 0.15) is 29.4 Å². The molecule has 43 heteroatoms. The monoisotopic (exact) mass is 2080 g/mol. The molecule has 7 amide bonds. The Bertz CT molecular complexity index is 5220. The molecule has 0 fully saturated rings. The van der Waals surface area contributed by atoms with Crippen molar-refractivity contribution in [2.24, 2.45) is 23.3 Å². The fourth-order valence-corrected chi connectivity index (χ4v) is 16.4. The highest BCUT2D eigenvalue weighted by Gasteiger charge is 2.44. The van der Waals surface area contributed by atoms with E-state index in [-0.39, 0.29) is 163 Å². The molecule has 0 unspecified atom stereocenters. The van der Waals surface area contributed by atoms with Crippen LogP contribution in [0.3, 0.4) is 0 Å². The number of aliphatic carboxylic acids is 1. The van der Waals surface area contributed by atoms with Gasteiger partial charge < -0.3 is 79.6 Å². The zero-order valence-electron chi connectivity index (χ0n) is 89.0. The average Bonchev–Trinajstić information content (AvgIpc) is 1.71. The van der Waals surface area contributed by atoms with Crippen LogP contribution in [0.4, 0.5) is 0 Å². The number of aliphatic hydroxyl groups is 1. The first-order valence-electron chi connectivity index (χ1n) is 51.5. The average molecular weight is 2080 g/mol. The first-order chi connectivity index (χ1) is 70.1. The standard InChI is InChI=1S/C106H162N20O23/c1-61(2)49-82(118-70(12)128)101(147)121-94(69(11)127)98(144)97(143)81(51-71-31-25-24-26-32-71)125-126-106(16)46-30-23-21-19-17-18-20-22-29-45-105(15,91(137)59-113-64(6)85(131)44-47-109-63(5)84(130)43-48-110-66(8)89(135)57-117-104(13,14)90(136)58-112-67(9)88(134)56-111-68(10)99(108)145)122-102(148)83(50-62(3)4)119-100(146)78(39-41-92(107)138)116-60-115-65(7)86(132)54-87(133)79(53-73-55-114-76-34-28-27-33-75(73)76)123-124-80(52-72-35-37-74(129)38-36-72)96(142)95(141)77(120-103(106)149)40-42-93(139)140/h18,20,24-28,31-38,55,61-69,77-83,94,109-117,123-127,129H,17,19,21-23,29-30,39-54,56-60H2,1-16H3,(H2,107,138)(H2,108,145)(H,118,128)(H,119,146)(H,120,149)(H,121,147)(H,122,148)(H,139,140)/b20-18+/t63-,64-,65-,66-,67-,68+,69+,77-,78-,79-,80-,81-,82-,83-,94-,105-,106+/m0/s1. The van der Waals surface area contributed by atoms with E-state index in [0.717, 1.165) is 0 Å². The number of carbonyl (C=O) groups is 20. The number of benzene rings is 3. The molecule has 824 valence electrons. The number of phenolic OH excluding ortho intramolecular Hbond substituents is 1. The molecular formula is C106H162N20O23. The van der Waals surface area contributed by atoms with Gasteiger partial charge in [-0.25, -0.2) is 21.7 Å². The highest BCUT2D eigenvalue weighted by Crippen LogP contribution is 2.25. The molecule has 149 heavy (non-hydrogen) atoms. The van der Waals surface area contributed by atoms with Gasteiger partial charge in [0.2, 0.25) is 64.5 Å². The summed E-state index contributed by atoms with van der Waals surface area (Å²) in [6.07, 6.45) is 3.23. The Kier molecular flexibility index (Phi) is 54.7. The number of aromatic amines is 1. The molecule has 0 saturated carbocycles. The third-order valence-electron chi connectivity index (χ3n) is 26.5. The molecule has 1 aromatic heterocycles. The number of nitrogens with one attached hydrogen (secondary N) is 18. The number of hydrogen-bond donors (Lipinski definition) is 23. The molecule has 4 aromatic rings. The zero-order chi connectivity index (χ0) is 111. The number of Topliss-reactive ketones (excluding diaryl/α,β-unsaturated/α-hetero) is 12. The number of carbonyl (C=O) groups excluding carboxylic acids is 19. The van der Waals surface area contributed by atoms with Gasteiger partial charge in [0.25, 0.3) is 0 Å². The first-order valence-corrected chi connectivity index (χ1v) is 51.5. The number of carboxylic acid groups (broad SMARTS) is 1. The van der Waals surface area contributed by atoms with Crippen molar-refractivity contribution < 1.29 is 111 Å². The second kappa shape index (κ2) is 63.9. The van der Waals surface area contributed by atoms with Gasteiger partial charge >= 0.3 is 5.97 Å². The van der Waals surface area contributed by atoms with Gasteiger partial charge in [-0.1, -0.05) is 120 Å². The van der Waals surface area contributed by atoms with E-state index in [1.807, 2.05) is 26.0 Å². The van der Waals surface area contributed by atoms with E-state index in [9.17, 15) is 87.2 Å². The van der Waals surface area contributed by atoms with Gasteiger partial charge in [0, 0.05) is 69.5 Å². The molecule has 0 bridgehead atoms. The molecule has 0 saturated heterocycles. The highest BCUT2D eigenvalue weighted by molar-refractivity contribution is 6.42. The number of hydrazine groups is 2. The van der Waals surface area contributed by atoms with Crippen LogP contribution in [-0.2, 0) is 115 Å². The lowest BCUT2D eigenvalue weighted by molar-refractivity contribution is -0.143. The number of ketones is 12. The number of carboxylic acids is 1. The number of hydrogen-bond acceptors (Lipinski definition) is 34. The quantitative estimate of drug-likeness (QED) is 0.0127. The minimum atomic E-state index is -1.95. The van der Waals surface area contributed by atoms with Crippen LogP contribution in [0.15, 0.2) is 97.2 Å². The fraction of sp³-hybridized carbons (Fsp3) is 0.604. The summed E-state index contributed by atoms with van der Waals surface area (Å²) in [7, 11) is 0. The number of para-hydroxylation sites is 1. The van der Waals surface area contributed by atoms with Crippen LogP contribution in [0.5, 0.6) is 5.75 Å². The summed E-state index contributed by atoms with van der Waals surface area (Å²) in [5, 5.41) is 69.6. The Morgan fingerprint density at radius 2 is 1.12 bits per heavy atom. The summed E-state index contributed by atoms with van der Waals surface area (Å²) in [5.41, 5.74) is 19.9. The van der Waals surface area contributed by atoms with E-state index in [4.69, 9.17) is 11.5 Å². The molecule has 5 rings (SSSR count). The zero-order valence-corrected chi connectivity index (χ0v) is 89.0. The number of aromatic hydroxyl groups is 1. The van der Waals surface area contributed by atoms with Crippen molar-refractivity contribution in [3.05, 3.63) is 114 Å². The van der Waals surface area contributed by atoms with Crippen molar-refractivity contribution in [1.29, 1.82) is 0 Å². The fourth-order valence-electron chi connectivity index (χ4n) is 16.4. The number of H-pyrrole nitrogens is 1. The SMILES string of the molecule is CC(=O)N[C@@H](CC(C)C)C(=O)N[C@H](C(=O)C(=O)[C@H](Cc1ccccc1)NN[C@]1(C)CCCCCC/C=C/CCC[C@@](C)(C(=O)CN[C@@H](C)C(=O)CCN[C@@H](C)C(=O)CCN[C@@H](C)C(=O)CNC(C)(C)C(=O)CN[C@@H](C)C(=O)CN[C@H](C)C(N)=O)NC(=O)[C@H](CC(C)C)NC(=O)[C@H](CCC(N)=O)NCN[C@@H](C)C(=O)CC(=O)[C@H](Cc2c[nH]c3ccccc23)NN[C@@H](Cc2ccc(O)cc2)C(=O)C(=O)[C@H](CCC(=O)O)NC1=O)[C@@H](C)O. The summed E-state index contributed by atoms with van der Waals surface area (Å²) in [6.45, 7) is 24.0. The van der Waals surface area contributed by atoms with Crippen LogP contribution in [0.2, 0.25) is 0 Å². The molecule has 0 radical (unpaired) electrons. The molecule has 2 heterocycles. The Morgan fingerprint density at radius 3 is 1.74 bits per heavy atom. The van der Waals surface area contributed by atoms with E-state index < -0.39 is 221 Å². The van der Waals surface area contributed by atoms with Crippen molar-refractivity contribution in [2.45, 2.75) is 353 Å². The van der Waals surface area contributed by atoms with Gasteiger partial charge in [-0.05, 0) is 206 Å². The second-order valence-electron chi connectivity index (χ2n) is 40.8. The Balaban J connectivity index is 1.47. The topological polar surface area (TPSA) is 674 Å². The largest absolute Gasteiger partial charge is 0.508 e. The summed E-state index contributed by atoms with van der Waals surface area (Å²) in [4.78, 5) is 282. The molecule has 1 aliphatic heterocycles. The number of aromatic nitrogens is 1. The number of rotatable bonds is 53. The molecule has 3 aromatic carbocycles. The van der Waals surface area contributed by atoms with E-state index in [2.05, 4.69) is 95.8 Å². The Morgan fingerprint density at radius 1 is 0.544 bits per heavy atom. The highest BCUT2D eigenvalue weighted by atomic mass is 16.4. The summed E-state index contributed by atoms with van der Waals surface area (Å²) in [5.74, 6) is -15.7. The van der Waals surface area contributed by atoms with Crippen molar-refractivity contribution in [2.75, 3.05) is 45.9 Å². The van der Waals surface area contributed by atoms with Gasteiger partial charge in [-0.2, -0.15) is 0 Å². The number of allylic oxidation sites excluding steroid dienone is 2. The van der Waals surface area contributed by atoms with Crippen LogP contribution in [0, 0.1) is 11.8 Å². The third kappa shape index (κ3) is 45.0. The molecule has 0 aliphatic carbocycles. The maximum absolute atomic E-state index is 15.6. The summed E-state index contributed by atoms with van der Waals surface area (Å²) >= 11 is 0. The van der Waals surface area contributed by atoms with Gasteiger partial charge in [0.15, 0.2) is 46.3 Å². The van der Waals surface area contributed by atoms with E-state index in [1.165, 1.54) is 65.8 Å². The maximum Gasteiger partial charge on any atom is 0.303 e. The van der Waals surface area contributed by atoms with Crippen molar-refractivity contribution in [1.82, 2.24) is 95.8 Å². The van der Waals surface area contributed by atoms with Gasteiger partial charge in [-0.15, -0.1) is 0 Å². The number of nitrogens with two attached hydrogens (primary N) is 2. The lowest BCUT2D eigenvalue weighted by Crippen LogP contribution is -2.66. The van der Waals surface area contributed by atoms with Crippen molar-refractivity contribution in [3.8, 4) is 5.75 Å². The first kappa shape index (κ1) is 127. The number of phenols is 1. The summed E-state index contributed by atoms with van der Waals surface area (Å²) < 4.78 is 0. The van der Waals surface area contributed by atoms with E-state index in [0.29, 0.717) is 66.1 Å². The van der Waals surface area contributed by atoms with E-state index >= 15 is 24.0 Å².